The third-order valence-corrected chi connectivity index (χ3v) is 3.48. The number of ether oxygens (including phenoxy) is 2. The Morgan fingerprint density at radius 2 is 1.83 bits per heavy atom. The number of methoxy groups -OCH3 is 1. The Morgan fingerprint density at radius 1 is 0.913 bits per heavy atom. The second kappa shape index (κ2) is 7.56. The molecule has 0 spiro atoms. The Balaban J connectivity index is 1.74. The van der Waals surface area contributed by atoms with E-state index in [2.05, 4.69) is 17.1 Å². The highest BCUT2D eigenvalue weighted by atomic mass is 16.5. The molecule has 3 nitrogen and oxygen atoms in total. The molecule has 3 aromatic rings. The summed E-state index contributed by atoms with van der Waals surface area (Å²) in [6.45, 7) is 1.14. The van der Waals surface area contributed by atoms with Crippen molar-refractivity contribution in [3.8, 4) is 5.75 Å². The number of fused-ring (bicyclic) bond motifs is 1. The van der Waals surface area contributed by atoms with Crippen LogP contribution in [0.5, 0.6) is 5.75 Å². The summed E-state index contributed by atoms with van der Waals surface area (Å²) in [7, 11) is 1.67. The van der Waals surface area contributed by atoms with E-state index in [0.29, 0.717) is 13.2 Å². The SMILES string of the molecule is COCCOc1cccc(/C=C/c2ccc3ccccc3n2)c1. The molecule has 3 heteroatoms. The minimum atomic E-state index is 0.551. The molecule has 0 amide bonds. The molecule has 0 radical (unpaired) electrons. The van der Waals surface area contributed by atoms with E-state index in [0.717, 1.165) is 27.9 Å². The summed E-state index contributed by atoms with van der Waals surface area (Å²) in [5.74, 6) is 0.843. The topological polar surface area (TPSA) is 31.4 Å². The molecule has 2 aromatic carbocycles. The second-order valence-corrected chi connectivity index (χ2v) is 5.18. The predicted molar refractivity (Wildman–Crippen MR) is 94.5 cm³/mol. The lowest BCUT2D eigenvalue weighted by atomic mass is 10.1. The minimum absolute atomic E-state index is 0.551. The largest absolute Gasteiger partial charge is 0.491 e. The lowest BCUT2D eigenvalue weighted by Crippen LogP contribution is -2.04. The van der Waals surface area contributed by atoms with Crippen LogP contribution < -0.4 is 4.74 Å². The maximum absolute atomic E-state index is 5.62. The van der Waals surface area contributed by atoms with Crippen molar-refractivity contribution >= 4 is 23.1 Å². The smallest absolute Gasteiger partial charge is 0.120 e. The van der Waals surface area contributed by atoms with Gasteiger partial charge in [-0.15, -0.1) is 0 Å². The normalized spacial score (nSPS) is 11.2. The second-order valence-electron chi connectivity index (χ2n) is 5.18. The van der Waals surface area contributed by atoms with Gasteiger partial charge >= 0.3 is 0 Å². The van der Waals surface area contributed by atoms with E-state index in [1.807, 2.05) is 60.7 Å². The summed E-state index contributed by atoms with van der Waals surface area (Å²) in [5.41, 5.74) is 3.02. The van der Waals surface area contributed by atoms with Crippen molar-refractivity contribution in [2.75, 3.05) is 20.3 Å². The third-order valence-electron chi connectivity index (χ3n) is 3.48. The molecular weight excluding hydrogens is 286 g/mol. The van der Waals surface area contributed by atoms with E-state index < -0.39 is 0 Å². The highest BCUT2D eigenvalue weighted by Crippen LogP contribution is 2.17. The quantitative estimate of drug-likeness (QED) is 0.631. The van der Waals surface area contributed by atoms with E-state index in [-0.39, 0.29) is 0 Å². The first-order chi connectivity index (χ1) is 11.3. The van der Waals surface area contributed by atoms with Crippen molar-refractivity contribution in [1.82, 2.24) is 4.98 Å². The van der Waals surface area contributed by atoms with E-state index in [1.54, 1.807) is 7.11 Å². The fourth-order valence-electron chi connectivity index (χ4n) is 2.31. The molecule has 3 rings (SSSR count). The summed E-state index contributed by atoms with van der Waals surface area (Å²) in [6.07, 6.45) is 4.06. The molecule has 0 bridgehead atoms. The van der Waals surface area contributed by atoms with Crippen molar-refractivity contribution in [3.05, 3.63) is 71.9 Å². The average molecular weight is 305 g/mol. The molecule has 0 N–H and O–H groups in total. The van der Waals surface area contributed by atoms with Crippen LogP contribution in [0.2, 0.25) is 0 Å². The first kappa shape index (κ1) is 15.3. The van der Waals surface area contributed by atoms with Gasteiger partial charge in [-0.1, -0.05) is 42.5 Å². The number of nitrogens with zero attached hydrogens (tertiary/aromatic N) is 1. The number of rotatable bonds is 6. The van der Waals surface area contributed by atoms with E-state index in [4.69, 9.17) is 9.47 Å². The lowest BCUT2D eigenvalue weighted by molar-refractivity contribution is 0.146. The summed E-state index contributed by atoms with van der Waals surface area (Å²) in [6, 6.07) is 20.2. The number of hydrogen-bond acceptors (Lipinski definition) is 3. The number of pyridine rings is 1. The molecule has 116 valence electrons. The van der Waals surface area contributed by atoms with Crippen LogP contribution in [0, 0.1) is 0 Å². The molecule has 0 aliphatic rings. The maximum atomic E-state index is 5.62. The molecule has 23 heavy (non-hydrogen) atoms. The van der Waals surface area contributed by atoms with Crippen LogP contribution in [0.4, 0.5) is 0 Å². The van der Waals surface area contributed by atoms with Crippen LogP contribution >= 0.6 is 0 Å². The number of benzene rings is 2. The van der Waals surface area contributed by atoms with Gasteiger partial charge in [0.05, 0.1) is 17.8 Å². The third kappa shape index (κ3) is 4.18. The van der Waals surface area contributed by atoms with E-state index in [1.165, 1.54) is 0 Å². The van der Waals surface area contributed by atoms with E-state index in [9.17, 15) is 0 Å². The first-order valence-electron chi connectivity index (χ1n) is 7.61. The molecular formula is C20H19NO2. The van der Waals surface area contributed by atoms with Crippen molar-refractivity contribution in [1.29, 1.82) is 0 Å². The molecule has 1 aromatic heterocycles. The summed E-state index contributed by atoms with van der Waals surface area (Å²) in [4.78, 5) is 4.64. The van der Waals surface area contributed by atoms with E-state index >= 15 is 0 Å². The standard InChI is InChI=1S/C20H19NO2/c1-22-13-14-23-19-7-4-5-16(15-19)9-11-18-12-10-17-6-2-3-8-20(17)21-18/h2-12,15H,13-14H2,1H3/b11-9+. The number of para-hydroxylation sites is 1. The van der Waals surface area contributed by atoms with Gasteiger partial charge in [0.15, 0.2) is 0 Å². The van der Waals surface area contributed by atoms with Crippen LogP contribution in [0.3, 0.4) is 0 Å². The zero-order valence-electron chi connectivity index (χ0n) is 13.1. The summed E-state index contributed by atoms with van der Waals surface area (Å²) in [5, 5.41) is 1.15. The molecule has 0 fully saturated rings. The van der Waals surface area contributed by atoms with Crippen LogP contribution in [-0.2, 0) is 4.74 Å². The maximum Gasteiger partial charge on any atom is 0.120 e. The zero-order valence-corrected chi connectivity index (χ0v) is 13.1. The van der Waals surface area contributed by atoms with Crippen molar-refractivity contribution < 1.29 is 9.47 Å². The Bertz CT molecular complexity index is 811. The summed E-state index contributed by atoms with van der Waals surface area (Å²) < 4.78 is 10.6. The number of hydrogen-bond donors (Lipinski definition) is 0. The van der Waals surface area contributed by atoms with Crippen molar-refractivity contribution in [3.63, 3.8) is 0 Å². The fourth-order valence-corrected chi connectivity index (χ4v) is 2.31. The highest BCUT2D eigenvalue weighted by molar-refractivity contribution is 5.80. The molecule has 0 atom stereocenters. The van der Waals surface area contributed by atoms with Gasteiger partial charge in [-0.3, -0.25) is 0 Å². The Labute approximate surface area is 136 Å². The average Bonchev–Trinajstić information content (AvgIpc) is 2.60. The monoisotopic (exact) mass is 305 g/mol. The highest BCUT2D eigenvalue weighted by Gasteiger charge is 1.97. The van der Waals surface area contributed by atoms with Gasteiger partial charge in [0, 0.05) is 12.5 Å². The molecule has 0 unspecified atom stereocenters. The molecule has 1 heterocycles. The van der Waals surface area contributed by atoms with Crippen LogP contribution in [0.1, 0.15) is 11.3 Å². The van der Waals surface area contributed by atoms with Crippen molar-refractivity contribution in [2.45, 2.75) is 0 Å². The Kier molecular flexibility index (Phi) is 5.02. The fraction of sp³-hybridized carbons (Fsp3) is 0.150. The van der Waals surface area contributed by atoms with Crippen LogP contribution in [0.25, 0.3) is 23.1 Å². The van der Waals surface area contributed by atoms with Gasteiger partial charge in [0.25, 0.3) is 0 Å². The van der Waals surface area contributed by atoms with Crippen LogP contribution in [-0.4, -0.2) is 25.3 Å². The van der Waals surface area contributed by atoms with Gasteiger partial charge < -0.3 is 9.47 Å². The summed E-state index contributed by atoms with van der Waals surface area (Å²) >= 11 is 0. The number of aromatic nitrogens is 1. The zero-order chi connectivity index (χ0) is 15.9. The van der Waals surface area contributed by atoms with Gasteiger partial charge in [-0.2, -0.15) is 0 Å². The van der Waals surface area contributed by atoms with Crippen molar-refractivity contribution in [2.24, 2.45) is 0 Å². The minimum Gasteiger partial charge on any atom is -0.491 e. The van der Waals surface area contributed by atoms with Gasteiger partial charge in [0.2, 0.25) is 0 Å². The lowest BCUT2D eigenvalue weighted by Gasteiger charge is -2.05. The molecule has 0 aliphatic heterocycles. The van der Waals surface area contributed by atoms with Crippen LogP contribution in [0.15, 0.2) is 60.7 Å². The van der Waals surface area contributed by atoms with Gasteiger partial charge in [0.1, 0.15) is 12.4 Å². The Morgan fingerprint density at radius 3 is 2.74 bits per heavy atom. The first-order valence-corrected chi connectivity index (χ1v) is 7.61. The van der Waals surface area contributed by atoms with Gasteiger partial charge in [-0.05, 0) is 35.9 Å². The Hall–Kier alpha value is -2.65. The molecule has 0 aliphatic carbocycles. The molecule has 0 saturated carbocycles. The van der Waals surface area contributed by atoms with Gasteiger partial charge in [-0.25, -0.2) is 4.98 Å². The molecule has 0 saturated heterocycles. The predicted octanol–water partition coefficient (Wildman–Crippen LogP) is 4.43.